The number of carbonyl (C=O) groups excluding carboxylic acids is 2. The van der Waals surface area contributed by atoms with E-state index in [1.165, 1.54) is 0 Å². The van der Waals surface area contributed by atoms with Gasteiger partial charge < -0.3 is 9.80 Å². The fourth-order valence-electron chi connectivity index (χ4n) is 4.13. The number of halogens is 1. The van der Waals surface area contributed by atoms with E-state index in [-0.39, 0.29) is 17.9 Å². The lowest BCUT2D eigenvalue weighted by Crippen LogP contribution is -2.48. The second-order valence-corrected chi connectivity index (χ2v) is 7.77. The summed E-state index contributed by atoms with van der Waals surface area (Å²) in [5.74, 6) is 0.411. The average molecular weight is 384 g/mol. The number of carbonyl (C=O) groups is 2. The van der Waals surface area contributed by atoms with Crippen LogP contribution in [0.5, 0.6) is 0 Å². The molecule has 27 heavy (non-hydrogen) atoms. The summed E-state index contributed by atoms with van der Waals surface area (Å²) < 4.78 is 0. The number of hydrogen-bond donors (Lipinski definition) is 0. The molecule has 5 rings (SSSR count). The minimum absolute atomic E-state index is 0.000373. The number of rotatable bonds is 3. The van der Waals surface area contributed by atoms with Gasteiger partial charge in [-0.3, -0.25) is 14.6 Å². The van der Waals surface area contributed by atoms with Gasteiger partial charge >= 0.3 is 0 Å². The predicted octanol–water partition coefficient (Wildman–Crippen LogP) is 3.04. The molecule has 5 nitrogen and oxygen atoms in total. The molecule has 2 aromatic rings. The maximum atomic E-state index is 13.0. The molecule has 3 saturated heterocycles. The van der Waals surface area contributed by atoms with Crippen molar-refractivity contribution in [3.8, 4) is 0 Å². The number of amides is 2. The quantitative estimate of drug-likeness (QED) is 0.818. The van der Waals surface area contributed by atoms with Crippen LogP contribution < -0.4 is 0 Å². The Balaban J connectivity index is 1.49. The molecule has 0 unspecified atom stereocenters. The van der Waals surface area contributed by atoms with Crippen molar-refractivity contribution in [1.82, 2.24) is 14.8 Å². The van der Waals surface area contributed by atoms with Crippen LogP contribution in [0.3, 0.4) is 0 Å². The normalized spacial score (nSPS) is 21.8. The van der Waals surface area contributed by atoms with E-state index in [4.69, 9.17) is 11.6 Å². The van der Waals surface area contributed by atoms with Gasteiger partial charge in [-0.2, -0.15) is 0 Å². The molecule has 0 N–H and O–H groups in total. The number of aromatic nitrogens is 1. The van der Waals surface area contributed by atoms with Crippen LogP contribution in [0, 0.1) is 5.92 Å². The molecular formula is C21H22ClN3O2. The summed E-state index contributed by atoms with van der Waals surface area (Å²) in [6.45, 7) is 1.99. The zero-order chi connectivity index (χ0) is 18.8. The Morgan fingerprint density at radius 1 is 1.07 bits per heavy atom. The first-order valence-electron chi connectivity index (χ1n) is 9.34. The number of pyridine rings is 1. The van der Waals surface area contributed by atoms with E-state index in [0.717, 1.165) is 18.4 Å². The van der Waals surface area contributed by atoms with Crippen LogP contribution in [0.4, 0.5) is 0 Å². The maximum Gasteiger partial charge on any atom is 0.255 e. The summed E-state index contributed by atoms with van der Waals surface area (Å²) in [7, 11) is 0. The van der Waals surface area contributed by atoms with Gasteiger partial charge in [-0.15, -0.1) is 0 Å². The molecule has 1 aromatic heterocycles. The van der Waals surface area contributed by atoms with Crippen LogP contribution in [0.1, 0.15) is 28.8 Å². The van der Waals surface area contributed by atoms with Crippen molar-refractivity contribution in [3.63, 3.8) is 0 Å². The predicted molar refractivity (Wildman–Crippen MR) is 104 cm³/mol. The molecule has 2 atom stereocenters. The van der Waals surface area contributed by atoms with Crippen molar-refractivity contribution in [3.05, 3.63) is 64.9 Å². The fraction of sp³-hybridized carbons (Fsp3) is 0.381. The Labute approximate surface area is 163 Å². The molecule has 2 bridgehead atoms. The van der Waals surface area contributed by atoms with Crippen molar-refractivity contribution in [2.75, 3.05) is 19.6 Å². The average Bonchev–Trinajstić information content (AvgIpc) is 3.02. The first-order chi connectivity index (χ1) is 13.1. The summed E-state index contributed by atoms with van der Waals surface area (Å²) in [5, 5.41) is 0.624. The first kappa shape index (κ1) is 18.0. The fourth-order valence-corrected chi connectivity index (χ4v) is 4.33. The van der Waals surface area contributed by atoms with Crippen LogP contribution in [-0.4, -0.2) is 52.3 Å². The second-order valence-electron chi connectivity index (χ2n) is 7.36. The van der Waals surface area contributed by atoms with Crippen molar-refractivity contribution in [2.24, 2.45) is 5.92 Å². The molecule has 3 fully saturated rings. The monoisotopic (exact) mass is 383 g/mol. The van der Waals surface area contributed by atoms with E-state index in [1.54, 1.807) is 24.5 Å². The molecular weight excluding hydrogens is 362 g/mol. The molecule has 1 aromatic carbocycles. The summed E-state index contributed by atoms with van der Waals surface area (Å²) in [6, 6.07) is 11.1. The van der Waals surface area contributed by atoms with Gasteiger partial charge in [-0.25, -0.2) is 0 Å². The highest BCUT2D eigenvalue weighted by molar-refractivity contribution is 6.31. The number of piperidine rings is 1. The number of hydrogen-bond acceptors (Lipinski definition) is 3. The third-order valence-corrected chi connectivity index (χ3v) is 5.90. The Morgan fingerprint density at radius 3 is 2.70 bits per heavy atom. The van der Waals surface area contributed by atoms with E-state index in [9.17, 15) is 9.59 Å². The van der Waals surface area contributed by atoms with E-state index in [0.29, 0.717) is 42.6 Å². The summed E-state index contributed by atoms with van der Waals surface area (Å²) in [5.41, 5.74) is 1.46. The summed E-state index contributed by atoms with van der Waals surface area (Å²) >= 11 is 6.22. The Kier molecular flexibility index (Phi) is 5.12. The topological polar surface area (TPSA) is 53.5 Å². The van der Waals surface area contributed by atoms with Gasteiger partial charge in [-0.1, -0.05) is 29.8 Å². The maximum absolute atomic E-state index is 13.0. The zero-order valence-corrected chi connectivity index (χ0v) is 15.8. The lowest BCUT2D eigenvalue weighted by atomic mass is 9.94. The number of benzene rings is 1. The lowest BCUT2D eigenvalue weighted by molar-refractivity contribution is -0.134. The SMILES string of the molecule is O=C(c1cccnc1)N1C[C@H]2CC[C@@H](C1)N(C(=O)Cc1ccccc1Cl)C2. The largest absolute Gasteiger partial charge is 0.337 e. The van der Waals surface area contributed by atoms with Crippen LogP contribution in [0.25, 0.3) is 0 Å². The van der Waals surface area contributed by atoms with Gasteiger partial charge in [0.2, 0.25) is 5.91 Å². The summed E-state index contributed by atoms with van der Waals surface area (Å²) in [6.07, 6.45) is 5.57. The molecule has 2 amide bonds. The van der Waals surface area contributed by atoms with Gasteiger partial charge in [0.15, 0.2) is 0 Å². The van der Waals surface area contributed by atoms with Crippen LogP contribution in [0.2, 0.25) is 5.02 Å². The summed E-state index contributed by atoms with van der Waals surface area (Å²) in [4.78, 5) is 33.7. The third-order valence-electron chi connectivity index (χ3n) is 5.53. The molecule has 0 aliphatic carbocycles. The first-order valence-corrected chi connectivity index (χ1v) is 9.72. The molecule has 3 aliphatic rings. The van der Waals surface area contributed by atoms with Gasteiger partial charge in [0, 0.05) is 43.1 Å². The van der Waals surface area contributed by atoms with Crippen molar-refractivity contribution < 1.29 is 9.59 Å². The highest BCUT2D eigenvalue weighted by Crippen LogP contribution is 2.29. The Morgan fingerprint density at radius 2 is 1.93 bits per heavy atom. The van der Waals surface area contributed by atoms with Gasteiger partial charge in [-0.05, 0) is 42.5 Å². The van der Waals surface area contributed by atoms with E-state index < -0.39 is 0 Å². The van der Waals surface area contributed by atoms with Gasteiger partial charge in [0.25, 0.3) is 5.91 Å². The Bertz CT molecular complexity index is 842. The number of fused-ring (bicyclic) bond motifs is 4. The van der Waals surface area contributed by atoms with E-state index in [1.807, 2.05) is 34.1 Å². The smallest absolute Gasteiger partial charge is 0.255 e. The lowest BCUT2D eigenvalue weighted by Gasteiger charge is -2.36. The standard InChI is InChI=1S/C21H22ClN3O2/c22-19-6-2-1-4-16(19)10-20(26)25-13-15-7-8-18(25)14-24(12-15)21(27)17-5-3-9-23-11-17/h1-6,9,11,15,18H,7-8,10,12-14H2/t15-,18+/m1/s1. The zero-order valence-electron chi connectivity index (χ0n) is 15.1. The molecule has 0 saturated carbocycles. The minimum Gasteiger partial charge on any atom is -0.337 e. The van der Waals surface area contributed by atoms with Crippen molar-refractivity contribution in [1.29, 1.82) is 0 Å². The van der Waals surface area contributed by atoms with Gasteiger partial charge in [0.05, 0.1) is 12.0 Å². The highest BCUT2D eigenvalue weighted by atomic mass is 35.5. The van der Waals surface area contributed by atoms with E-state index >= 15 is 0 Å². The molecule has 0 radical (unpaired) electrons. The molecule has 6 heteroatoms. The van der Waals surface area contributed by atoms with Crippen molar-refractivity contribution in [2.45, 2.75) is 25.3 Å². The van der Waals surface area contributed by atoms with Crippen LogP contribution in [-0.2, 0) is 11.2 Å². The highest BCUT2D eigenvalue weighted by Gasteiger charge is 2.38. The number of nitrogens with zero attached hydrogens (tertiary/aromatic N) is 3. The molecule has 140 valence electrons. The third kappa shape index (κ3) is 3.83. The van der Waals surface area contributed by atoms with Crippen molar-refractivity contribution >= 4 is 23.4 Å². The van der Waals surface area contributed by atoms with Crippen LogP contribution in [0.15, 0.2) is 48.8 Å². The van der Waals surface area contributed by atoms with E-state index in [2.05, 4.69) is 4.98 Å². The molecule has 4 heterocycles. The second kappa shape index (κ2) is 7.69. The minimum atomic E-state index is 0.000373. The molecule has 0 spiro atoms. The van der Waals surface area contributed by atoms with Crippen LogP contribution >= 0.6 is 11.6 Å². The Hall–Kier alpha value is -2.40. The van der Waals surface area contributed by atoms with Gasteiger partial charge in [0.1, 0.15) is 0 Å². The molecule has 3 aliphatic heterocycles.